The smallest absolute Gasteiger partial charge is 0.231 e. The Morgan fingerprint density at radius 1 is 1.32 bits per heavy atom. The SMILES string of the molecule is CC(C)NC(=O)CCNCc1ccc2c(c1)OCO2. The van der Waals surface area contributed by atoms with Crippen LogP contribution in [0.5, 0.6) is 11.5 Å². The lowest BCUT2D eigenvalue weighted by molar-refractivity contribution is -0.121. The number of hydrogen-bond acceptors (Lipinski definition) is 4. The Morgan fingerprint density at radius 3 is 2.89 bits per heavy atom. The number of amides is 1. The second kappa shape index (κ2) is 6.43. The molecule has 0 aromatic heterocycles. The summed E-state index contributed by atoms with van der Waals surface area (Å²) in [7, 11) is 0. The molecular weight excluding hydrogens is 244 g/mol. The Morgan fingerprint density at radius 2 is 2.11 bits per heavy atom. The molecule has 0 fully saturated rings. The van der Waals surface area contributed by atoms with Crippen molar-refractivity contribution < 1.29 is 14.3 Å². The molecule has 5 heteroatoms. The molecule has 0 unspecified atom stereocenters. The molecule has 1 amide bonds. The molecule has 0 radical (unpaired) electrons. The van der Waals surface area contributed by atoms with Crippen LogP contribution in [0.3, 0.4) is 0 Å². The van der Waals surface area contributed by atoms with Gasteiger partial charge in [-0.1, -0.05) is 6.07 Å². The van der Waals surface area contributed by atoms with Crippen LogP contribution in [0, 0.1) is 0 Å². The minimum absolute atomic E-state index is 0.0770. The Bertz CT molecular complexity index is 446. The molecule has 0 saturated heterocycles. The van der Waals surface area contributed by atoms with E-state index in [1.807, 2.05) is 32.0 Å². The standard InChI is InChI=1S/C14H20N2O3/c1-10(2)16-14(17)5-6-15-8-11-3-4-12-13(7-11)19-9-18-12/h3-4,7,10,15H,5-6,8-9H2,1-2H3,(H,16,17). The lowest BCUT2D eigenvalue weighted by Gasteiger charge is -2.09. The van der Waals surface area contributed by atoms with Gasteiger partial charge in [0.25, 0.3) is 0 Å². The second-order valence-corrected chi connectivity index (χ2v) is 4.84. The maximum absolute atomic E-state index is 11.4. The van der Waals surface area contributed by atoms with E-state index in [4.69, 9.17) is 9.47 Å². The van der Waals surface area contributed by atoms with Crippen molar-refractivity contribution in [2.45, 2.75) is 32.9 Å². The Kier molecular flexibility index (Phi) is 4.63. The zero-order valence-corrected chi connectivity index (χ0v) is 11.4. The van der Waals surface area contributed by atoms with Crippen LogP contribution in [0.15, 0.2) is 18.2 Å². The predicted octanol–water partition coefficient (Wildman–Crippen LogP) is 1.42. The first-order valence-corrected chi connectivity index (χ1v) is 6.54. The summed E-state index contributed by atoms with van der Waals surface area (Å²) >= 11 is 0. The average Bonchev–Trinajstić information content (AvgIpc) is 2.81. The van der Waals surface area contributed by atoms with Gasteiger partial charge in [0, 0.05) is 25.6 Å². The van der Waals surface area contributed by atoms with Crippen molar-refractivity contribution in [3.8, 4) is 11.5 Å². The molecule has 1 aliphatic heterocycles. The van der Waals surface area contributed by atoms with Crippen molar-refractivity contribution in [1.82, 2.24) is 10.6 Å². The first-order valence-electron chi connectivity index (χ1n) is 6.54. The van der Waals surface area contributed by atoms with Crippen LogP contribution in [0.4, 0.5) is 0 Å². The second-order valence-electron chi connectivity index (χ2n) is 4.84. The number of hydrogen-bond donors (Lipinski definition) is 2. The van der Waals surface area contributed by atoms with Crippen LogP contribution in [0.2, 0.25) is 0 Å². The molecule has 1 aromatic carbocycles. The van der Waals surface area contributed by atoms with Gasteiger partial charge in [-0.25, -0.2) is 0 Å². The molecule has 5 nitrogen and oxygen atoms in total. The van der Waals surface area contributed by atoms with Crippen LogP contribution in [0.25, 0.3) is 0 Å². The maximum atomic E-state index is 11.4. The summed E-state index contributed by atoms with van der Waals surface area (Å²) in [5, 5.41) is 6.10. The monoisotopic (exact) mass is 264 g/mol. The third-order valence-electron chi connectivity index (χ3n) is 2.74. The van der Waals surface area contributed by atoms with Crippen molar-refractivity contribution in [3.05, 3.63) is 23.8 Å². The van der Waals surface area contributed by atoms with E-state index < -0.39 is 0 Å². The topological polar surface area (TPSA) is 59.6 Å². The molecule has 0 spiro atoms. The highest BCUT2D eigenvalue weighted by Crippen LogP contribution is 2.32. The molecule has 1 aromatic rings. The number of benzene rings is 1. The van der Waals surface area contributed by atoms with Gasteiger partial charge in [0.2, 0.25) is 12.7 Å². The fourth-order valence-electron chi connectivity index (χ4n) is 1.88. The number of rotatable bonds is 6. The third kappa shape index (κ3) is 4.13. The summed E-state index contributed by atoms with van der Waals surface area (Å²) in [6.45, 7) is 5.58. The van der Waals surface area contributed by atoms with Crippen molar-refractivity contribution in [2.75, 3.05) is 13.3 Å². The van der Waals surface area contributed by atoms with Gasteiger partial charge in [0.1, 0.15) is 0 Å². The highest BCUT2D eigenvalue weighted by Gasteiger charge is 2.12. The third-order valence-corrected chi connectivity index (χ3v) is 2.74. The quantitative estimate of drug-likeness (QED) is 0.763. The fraction of sp³-hybridized carbons (Fsp3) is 0.500. The zero-order valence-electron chi connectivity index (χ0n) is 11.4. The van der Waals surface area contributed by atoms with Gasteiger partial charge >= 0.3 is 0 Å². The minimum atomic E-state index is 0.0770. The van der Waals surface area contributed by atoms with Crippen LogP contribution in [-0.2, 0) is 11.3 Å². The minimum Gasteiger partial charge on any atom is -0.454 e. The molecule has 0 atom stereocenters. The summed E-state index contributed by atoms with van der Waals surface area (Å²) in [6.07, 6.45) is 0.489. The summed E-state index contributed by atoms with van der Waals surface area (Å²) in [5.74, 6) is 1.66. The predicted molar refractivity (Wildman–Crippen MR) is 72.2 cm³/mol. The number of fused-ring (bicyclic) bond motifs is 1. The normalized spacial score (nSPS) is 12.8. The number of nitrogens with one attached hydrogen (secondary N) is 2. The molecule has 2 rings (SSSR count). The largest absolute Gasteiger partial charge is 0.454 e. The van der Waals surface area contributed by atoms with Crippen molar-refractivity contribution in [3.63, 3.8) is 0 Å². The Labute approximate surface area is 113 Å². The van der Waals surface area contributed by atoms with E-state index in [2.05, 4.69) is 10.6 Å². The van der Waals surface area contributed by atoms with E-state index in [0.29, 0.717) is 26.3 Å². The van der Waals surface area contributed by atoms with Gasteiger partial charge < -0.3 is 20.1 Å². The molecule has 1 heterocycles. The lowest BCUT2D eigenvalue weighted by atomic mass is 10.2. The number of carbonyl (C=O) groups excluding carboxylic acids is 1. The van der Waals surface area contributed by atoms with Crippen molar-refractivity contribution in [1.29, 1.82) is 0 Å². The summed E-state index contributed by atoms with van der Waals surface area (Å²) in [6, 6.07) is 6.06. The molecule has 0 saturated carbocycles. The molecule has 0 bridgehead atoms. The first-order chi connectivity index (χ1) is 9.15. The van der Waals surface area contributed by atoms with Gasteiger partial charge in [-0.15, -0.1) is 0 Å². The summed E-state index contributed by atoms with van der Waals surface area (Å²) in [4.78, 5) is 11.4. The van der Waals surface area contributed by atoms with Gasteiger partial charge in [0.15, 0.2) is 11.5 Å². The van der Waals surface area contributed by atoms with E-state index in [9.17, 15) is 4.79 Å². The molecular formula is C14H20N2O3. The lowest BCUT2D eigenvalue weighted by Crippen LogP contribution is -2.32. The van der Waals surface area contributed by atoms with E-state index in [1.54, 1.807) is 0 Å². The average molecular weight is 264 g/mol. The summed E-state index contributed by atoms with van der Waals surface area (Å²) < 4.78 is 10.6. The van der Waals surface area contributed by atoms with E-state index in [-0.39, 0.29) is 11.9 Å². The van der Waals surface area contributed by atoms with Gasteiger partial charge in [-0.2, -0.15) is 0 Å². The van der Waals surface area contributed by atoms with E-state index in [0.717, 1.165) is 17.1 Å². The van der Waals surface area contributed by atoms with Crippen LogP contribution < -0.4 is 20.1 Å². The summed E-state index contributed by atoms with van der Waals surface area (Å²) in [5.41, 5.74) is 1.12. The first kappa shape index (κ1) is 13.7. The highest BCUT2D eigenvalue weighted by molar-refractivity contribution is 5.76. The van der Waals surface area contributed by atoms with E-state index in [1.165, 1.54) is 0 Å². The maximum Gasteiger partial charge on any atom is 0.231 e. The van der Waals surface area contributed by atoms with Crippen LogP contribution >= 0.6 is 0 Å². The number of carbonyl (C=O) groups is 1. The molecule has 1 aliphatic rings. The highest BCUT2D eigenvalue weighted by atomic mass is 16.7. The van der Waals surface area contributed by atoms with Gasteiger partial charge in [-0.05, 0) is 31.5 Å². The zero-order chi connectivity index (χ0) is 13.7. The molecule has 104 valence electrons. The van der Waals surface area contributed by atoms with Crippen LogP contribution in [0.1, 0.15) is 25.8 Å². The van der Waals surface area contributed by atoms with Crippen molar-refractivity contribution in [2.24, 2.45) is 0 Å². The fourth-order valence-corrected chi connectivity index (χ4v) is 1.88. The van der Waals surface area contributed by atoms with E-state index >= 15 is 0 Å². The van der Waals surface area contributed by atoms with Crippen molar-refractivity contribution >= 4 is 5.91 Å². The van der Waals surface area contributed by atoms with Gasteiger partial charge in [-0.3, -0.25) is 4.79 Å². The van der Waals surface area contributed by atoms with Gasteiger partial charge in [0.05, 0.1) is 0 Å². The Balaban J connectivity index is 1.70. The molecule has 2 N–H and O–H groups in total. The number of ether oxygens (including phenoxy) is 2. The molecule has 0 aliphatic carbocycles. The van der Waals surface area contributed by atoms with Crippen LogP contribution in [-0.4, -0.2) is 25.3 Å². The Hall–Kier alpha value is -1.75. The molecule has 19 heavy (non-hydrogen) atoms.